The fourth-order valence-corrected chi connectivity index (χ4v) is 4.80. The molecule has 0 spiro atoms. The fraction of sp³-hybridized carbons (Fsp3) is 0.417. The first-order chi connectivity index (χ1) is 24.3. The number of hydrogen-bond donors (Lipinski definition) is 8. The zero-order valence-corrected chi connectivity index (χ0v) is 29.8. The van der Waals surface area contributed by atoms with Gasteiger partial charge >= 0.3 is 11.9 Å². The molecule has 0 heterocycles. The van der Waals surface area contributed by atoms with E-state index in [9.17, 15) is 49.4 Å². The zero-order chi connectivity index (χ0) is 39.0. The fourth-order valence-electron chi connectivity index (χ4n) is 4.80. The zero-order valence-electron chi connectivity index (χ0n) is 29.8. The van der Waals surface area contributed by atoms with Crippen molar-refractivity contribution in [2.45, 2.75) is 84.8 Å². The number of carbonyl (C=O) groups excluding carboxylic acids is 3. The van der Waals surface area contributed by atoms with Crippen LogP contribution < -0.4 is 26.6 Å². The number of phenols is 1. The van der Waals surface area contributed by atoms with E-state index in [2.05, 4.69) is 26.6 Å². The first-order valence-electron chi connectivity index (χ1n) is 16.6. The lowest BCUT2D eigenvalue weighted by atomic mass is 9.92. The first kappa shape index (κ1) is 42.2. The van der Waals surface area contributed by atoms with E-state index in [1.165, 1.54) is 36.4 Å². The highest BCUT2D eigenvalue weighted by Crippen LogP contribution is 2.19. The van der Waals surface area contributed by atoms with Gasteiger partial charge in [-0.15, -0.1) is 0 Å². The Labute approximate surface area is 301 Å². The Kier molecular flexibility index (Phi) is 16.3. The van der Waals surface area contributed by atoms with Gasteiger partial charge in [0.15, 0.2) is 5.82 Å². The van der Waals surface area contributed by atoms with Crippen molar-refractivity contribution in [2.75, 3.05) is 10.6 Å². The molecule has 3 amide bonds. The molecule has 3 unspecified atom stereocenters. The van der Waals surface area contributed by atoms with Crippen molar-refractivity contribution in [2.24, 2.45) is 11.3 Å². The number of anilines is 2. The minimum atomic E-state index is -1.37. The van der Waals surface area contributed by atoms with Gasteiger partial charge in [-0.05, 0) is 72.6 Å². The second-order valence-electron chi connectivity index (χ2n) is 13.8. The molecule has 3 atom stereocenters. The maximum Gasteiger partial charge on any atom is 0.326 e. The van der Waals surface area contributed by atoms with Crippen molar-refractivity contribution in [3.8, 4) is 5.75 Å². The van der Waals surface area contributed by atoms with Crippen molar-refractivity contribution in [1.29, 1.82) is 0 Å². The number of benzene rings is 2. The molecule has 0 bridgehead atoms. The summed E-state index contributed by atoms with van der Waals surface area (Å²) in [4.78, 5) is 72.5. The number of carbonyl (C=O) groups is 5. The molecule has 282 valence electrons. The molecule has 0 aliphatic carbocycles. The quantitative estimate of drug-likeness (QED) is 0.0418. The molecule has 0 saturated carbocycles. The van der Waals surface area contributed by atoms with Crippen LogP contribution in [0.15, 0.2) is 72.7 Å². The highest BCUT2D eigenvalue weighted by atomic mass is 16.6. The molecule has 16 heteroatoms. The maximum atomic E-state index is 13.2. The minimum Gasteiger partial charge on any atom is -0.508 e. The molecule has 16 nitrogen and oxygen atoms in total. The molecule has 0 radical (unpaired) electrons. The number of nitrogens with zero attached hydrogens (tertiary/aromatic N) is 1. The Balaban J connectivity index is 2.01. The molecule has 0 aliphatic heterocycles. The van der Waals surface area contributed by atoms with Gasteiger partial charge in [-0.25, -0.2) is 9.59 Å². The van der Waals surface area contributed by atoms with Crippen LogP contribution in [0.3, 0.4) is 0 Å². The third-order valence-electron chi connectivity index (χ3n) is 7.19. The third-order valence-corrected chi connectivity index (χ3v) is 7.19. The van der Waals surface area contributed by atoms with E-state index in [4.69, 9.17) is 0 Å². The Morgan fingerprint density at radius 1 is 0.769 bits per heavy atom. The minimum absolute atomic E-state index is 0.0347. The first-order valence-corrected chi connectivity index (χ1v) is 16.6. The van der Waals surface area contributed by atoms with Crippen LogP contribution in [-0.4, -0.2) is 68.0 Å². The van der Waals surface area contributed by atoms with E-state index in [0.29, 0.717) is 16.9 Å². The van der Waals surface area contributed by atoms with E-state index in [0.717, 1.165) is 6.20 Å². The number of aliphatic carboxylic acids is 2. The number of carboxylic acid groups (broad SMARTS) is 2. The van der Waals surface area contributed by atoms with E-state index in [-0.39, 0.29) is 55.0 Å². The smallest absolute Gasteiger partial charge is 0.326 e. The van der Waals surface area contributed by atoms with Crippen molar-refractivity contribution >= 4 is 41.0 Å². The van der Waals surface area contributed by atoms with Crippen LogP contribution in [0.5, 0.6) is 5.75 Å². The summed E-state index contributed by atoms with van der Waals surface area (Å²) in [6.45, 7) is 9.22. The number of nitrogens with one attached hydrogen (secondary N) is 5. The van der Waals surface area contributed by atoms with Gasteiger partial charge in [0.1, 0.15) is 23.9 Å². The van der Waals surface area contributed by atoms with E-state index in [1.54, 1.807) is 24.3 Å². The molecule has 2 rings (SSSR count). The largest absolute Gasteiger partial charge is 0.508 e. The molecule has 0 fully saturated rings. The topological polar surface area (TPSA) is 249 Å². The van der Waals surface area contributed by atoms with Gasteiger partial charge in [0, 0.05) is 17.8 Å². The molecule has 8 N–H and O–H groups in total. The molecule has 0 aromatic heterocycles. The molecular formula is C36H48N6O10. The van der Waals surface area contributed by atoms with Crippen molar-refractivity contribution < 1.29 is 44.2 Å². The lowest BCUT2D eigenvalue weighted by molar-refractivity contribution is -0.403. The van der Waals surface area contributed by atoms with Gasteiger partial charge in [0.05, 0.1) is 11.3 Å². The predicted octanol–water partition coefficient (Wildman–Crippen LogP) is 3.98. The molecule has 0 aliphatic rings. The summed E-state index contributed by atoms with van der Waals surface area (Å²) in [6, 6.07) is 8.76. The summed E-state index contributed by atoms with van der Waals surface area (Å²) in [5, 5.41) is 53.2. The van der Waals surface area contributed by atoms with Crippen LogP contribution in [0.2, 0.25) is 0 Å². The Bertz CT molecular complexity index is 1620. The summed E-state index contributed by atoms with van der Waals surface area (Å²) in [5.74, 6) is -4.15. The Hall–Kier alpha value is -5.93. The van der Waals surface area contributed by atoms with Gasteiger partial charge in [0.2, 0.25) is 17.7 Å². The van der Waals surface area contributed by atoms with E-state index < -0.39 is 52.7 Å². The normalized spacial score (nSPS) is 13.5. The van der Waals surface area contributed by atoms with Crippen LogP contribution >= 0.6 is 0 Å². The van der Waals surface area contributed by atoms with Crippen molar-refractivity contribution in [3.63, 3.8) is 0 Å². The number of rotatable bonds is 20. The summed E-state index contributed by atoms with van der Waals surface area (Å²) in [7, 11) is 0. The van der Waals surface area contributed by atoms with Gasteiger partial charge < -0.3 is 41.9 Å². The molecule has 0 saturated heterocycles. The van der Waals surface area contributed by atoms with E-state index >= 15 is 0 Å². The monoisotopic (exact) mass is 724 g/mol. The second kappa shape index (κ2) is 20.1. The van der Waals surface area contributed by atoms with Gasteiger partial charge in [-0.2, -0.15) is 0 Å². The van der Waals surface area contributed by atoms with Gasteiger partial charge in [-0.1, -0.05) is 58.9 Å². The standard InChI is InChI=1S/C36H48N6O10/c1-22(2)18-29(33(46)41-28(35(49)50)9-7-6-8-27(34(47)48)39-32(45)20-36(3,4)5)40-31(44)19-23-10-12-24(13-11-23)37-30(21-42(51)52)38-25-14-16-26(43)17-15-25/h6-7,10-17,21-22,27-29,37-38,43H,8-9,18-20H2,1-5H3,(H,39,45)(H,40,44)(H,41,46)(H,47,48)(H,49,50). The highest BCUT2D eigenvalue weighted by Gasteiger charge is 2.27. The van der Waals surface area contributed by atoms with Gasteiger partial charge in [0.25, 0.3) is 6.20 Å². The number of aromatic hydroxyl groups is 1. The van der Waals surface area contributed by atoms with Crippen molar-refractivity contribution in [3.05, 3.63) is 88.4 Å². The maximum absolute atomic E-state index is 13.2. The summed E-state index contributed by atoms with van der Waals surface area (Å²) in [5.41, 5.74) is 1.19. The third kappa shape index (κ3) is 16.7. The number of nitro groups is 1. The molecular weight excluding hydrogens is 676 g/mol. The molecule has 52 heavy (non-hydrogen) atoms. The van der Waals surface area contributed by atoms with Crippen molar-refractivity contribution in [1.82, 2.24) is 16.0 Å². The Morgan fingerprint density at radius 3 is 1.71 bits per heavy atom. The van der Waals surface area contributed by atoms with Crippen LogP contribution in [0.4, 0.5) is 11.4 Å². The SMILES string of the molecule is CC(C)CC(NC(=O)Cc1ccc(NC(=C[N+](=O)[O-])Nc2ccc(O)cc2)cc1)C(=O)NC(CC=CCC(NC(=O)CC(C)(C)C)C(=O)O)C(=O)O. The number of amides is 3. The summed E-state index contributed by atoms with van der Waals surface area (Å²) >= 11 is 0. The number of carboxylic acids is 2. The van der Waals surface area contributed by atoms with Crippen LogP contribution in [0.1, 0.15) is 65.9 Å². The lowest BCUT2D eigenvalue weighted by Crippen LogP contribution is -2.52. The number of phenolic OH excluding ortho intramolecular Hbond substituents is 1. The lowest BCUT2D eigenvalue weighted by Gasteiger charge is -2.22. The second-order valence-corrected chi connectivity index (χ2v) is 13.8. The molecule has 2 aromatic carbocycles. The highest BCUT2D eigenvalue weighted by molar-refractivity contribution is 5.91. The molecule has 2 aromatic rings. The van der Waals surface area contributed by atoms with Crippen LogP contribution in [0, 0.1) is 21.4 Å². The van der Waals surface area contributed by atoms with E-state index in [1.807, 2.05) is 34.6 Å². The number of hydrogen-bond acceptors (Lipinski definition) is 10. The summed E-state index contributed by atoms with van der Waals surface area (Å²) < 4.78 is 0. The van der Waals surface area contributed by atoms with Crippen LogP contribution in [-0.2, 0) is 30.4 Å². The average molecular weight is 725 g/mol. The Morgan fingerprint density at radius 2 is 1.25 bits per heavy atom. The van der Waals surface area contributed by atoms with Gasteiger partial charge in [-0.3, -0.25) is 24.5 Å². The predicted molar refractivity (Wildman–Crippen MR) is 194 cm³/mol. The summed E-state index contributed by atoms with van der Waals surface area (Å²) in [6.07, 6.45) is 3.54. The van der Waals surface area contributed by atoms with Crippen LogP contribution in [0.25, 0.3) is 0 Å². The average Bonchev–Trinajstić information content (AvgIpc) is 3.01.